The number of fused-ring (bicyclic) bond motifs is 1. The molecule has 8 heteroatoms. The summed E-state index contributed by atoms with van der Waals surface area (Å²) in [5, 5.41) is 4.33. The van der Waals surface area contributed by atoms with Crippen molar-refractivity contribution in [3.8, 4) is 17.1 Å². The molecule has 0 saturated carbocycles. The van der Waals surface area contributed by atoms with E-state index in [9.17, 15) is 9.59 Å². The number of rotatable bonds is 3. The van der Waals surface area contributed by atoms with Crippen LogP contribution in [0.3, 0.4) is 0 Å². The van der Waals surface area contributed by atoms with E-state index in [1.165, 1.54) is 6.07 Å². The molecule has 1 atom stereocenters. The molecule has 2 heterocycles. The molecule has 1 aliphatic rings. The fourth-order valence-corrected chi connectivity index (χ4v) is 3.13. The van der Waals surface area contributed by atoms with Crippen molar-refractivity contribution in [1.29, 1.82) is 0 Å². The number of amides is 2. The molecule has 1 aliphatic heterocycles. The smallest absolute Gasteiger partial charge is 0.291 e. The maximum Gasteiger partial charge on any atom is 0.291 e. The number of aromatic nitrogens is 1. The van der Waals surface area contributed by atoms with E-state index in [1.54, 1.807) is 18.2 Å². The Hall–Kier alpha value is -3.32. The van der Waals surface area contributed by atoms with Crippen molar-refractivity contribution in [3.05, 3.63) is 70.9 Å². The Bertz CT molecular complexity index is 1020. The molecule has 4 rings (SSSR count). The maximum atomic E-state index is 12.4. The van der Waals surface area contributed by atoms with Crippen molar-refractivity contribution in [1.82, 2.24) is 16.0 Å². The molecule has 0 bridgehead atoms. The van der Waals surface area contributed by atoms with Crippen LogP contribution in [0.1, 0.15) is 16.1 Å². The molecule has 0 unspecified atom stereocenters. The minimum atomic E-state index is -0.570. The average molecular weight is 398 g/mol. The third-order valence-electron chi connectivity index (χ3n) is 4.40. The molecule has 2 amide bonds. The average Bonchev–Trinajstić information content (AvgIpc) is 3.22. The lowest BCUT2D eigenvalue weighted by molar-refractivity contribution is -0.127. The highest BCUT2D eigenvalue weighted by atomic mass is 35.5. The zero-order valence-corrected chi connectivity index (χ0v) is 15.4. The van der Waals surface area contributed by atoms with Gasteiger partial charge in [-0.2, -0.15) is 0 Å². The van der Waals surface area contributed by atoms with Gasteiger partial charge < -0.3 is 9.26 Å². The van der Waals surface area contributed by atoms with E-state index in [2.05, 4.69) is 16.0 Å². The quantitative estimate of drug-likeness (QED) is 0.662. The molecule has 0 radical (unpaired) electrons. The molecule has 28 heavy (non-hydrogen) atoms. The molecule has 2 aromatic carbocycles. The van der Waals surface area contributed by atoms with Gasteiger partial charge in [0.15, 0.2) is 11.5 Å². The normalized spacial score (nSPS) is 15.2. The molecule has 0 aliphatic carbocycles. The monoisotopic (exact) mass is 397 g/mol. The van der Waals surface area contributed by atoms with Gasteiger partial charge >= 0.3 is 0 Å². The summed E-state index contributed by atoms with van der Waals surface area (Å²) >= 11 is 5.99. The van der Waals surface area contributed by atoms with Crippen LogP contribution in [-0.4, -0.2) is 23.6 Å². The van der Waals surface area contributed by atoms with Gasteiger partial charge in [0.1, 0.15) is 12.4 Å². The minimum absolute atomic E-state index is 0.0659. The predicted molar refractivity (Wildman–Crippen MR) is 102 cm³/mol. The standard InChI is InChI=1S/C20H16ClN3O4/c21-15-6-7-17-13(9-15)8-14(11-27-17)19(25)22-23-20(26)16-10-18(28-24-16)12-4-2-1-3-5-12/h1-7,9-10,14H,8,11H2,(H,22,25)(H,23,26)/t14-/m0/s1. The molecule has 0 saturated heterocycles. The summed E-state index contributed by atoms with van der Waals surface area (Å²) in [6.45, 7) is 0.221. The van der Waals surface area contributed by atoms with Crippen LogP contribution >= 0.6 is 11.6 Å². The number of hydrazine groups is 1. The Kier molecular flexibility index (Phi) is 4.99. The van der Waals surface area contributed by atoms with Gasteiger partial charge in [-0.3, -0.25) is 20.4 Å². The summed E-state index contributed by atoms with van der Waals surface area (Å²) < 4.78 is 10.8. The third-order valence-corrected chi connectivity index (χ3v) is 4.64. The van der Waals surface area contributed by atoms with Crippen molar-refractivity contribution in [2.75, 3.05) is 6.61 Å². The van der Waals surface area contributed by atoms with E-state index in [-0.39, 0.29) is 18.2 Å². The zero-order chi connectivity index (χ0) is 19.5. The van der Waals surface area contributed by atoms with E-state index in [0.717, 1.165) is 11.1 Å². The van der Waals surface area contributed by atoms with Crippen LogP contribution in [0.25, 0.3) is 11.3 Å². The molecule has 7 nitrogen and oxygen atoms in total. The van der Waals surface area contributed by atoms with Crippen LogP contribution in [0.2, 0.25) is 5.02 Å². The number of carbonyl (C=O) groups excluding carboxylic acids is 2. The number of halogens is 1. The van der Waals surface area contributed by atoms with Gasteiger partial charge in [0.25, 0.3) is 5.91 Å². The van der Waals surface area contributed by atoms with Crippen molar-refractivity contribution in [3.63, 3.8) is 0 Å². The number of carbonyl (C=O) groups is 2. The second-order valence-corrected chi connectivity index (χ2v) is 6.79. The summed E-state index contributed by atoms with van der Waals surface area (Å²) in [7, 11) is 0. The summed E-state index contributed by atoms with van der Waals surface area (Å²) in [6.07, 6.45) is 0.472. The predicted octanol–water partition coefficient (Wildman–Crippen LogP) is 3.01. The summed E-state index contributed by atoms with van der Waals surface area (Å²) in [4.78, 5) is 24.6. The fraction of sp³-hybridized carbons (Fsp3) is 0.150. The highest BCUT2D eigenvalue weighted by molar-refractivity contribution is 6.30. The van der Waals surface area contributed by atoms with E-state index in [0.29, 0.717) is 23.0 Å². The van der Waals surface area contributed by atoms with E-state index in [4.69, 9.17) is 20.9 Å². The molecular formula is C20H16ClN3O4. The lowest BCUT2D eigenvalue weighted by atomic mass is 9.96. The van der Waals surface area contributed by atoms with Gasteiger partial charge in [-0.05, 0) is 30.2 Å². The number of ether oxygens (including phenoxy) is 1. The topological polar surface area (TPSA) is 93.5 Å². The number of hydrogen-bond acceptors (Lipinski definition) is 5. The van der Waals surface area contributed by atoms with E-state index in [1.807, 2.05) is 30.3 Å². The van der Waals surface area contributed by atoms with Crippen molar-refractivity contribution < 1.29 is 18.8 Å². The summed E-state index contributed by atoms with van der Waals surface area (Å²) in [5.74, 6) is -0.187. The van der Waals surface area contributed by atoms with Gasteiger partial charge in [0, 0.05) is 16.7 Å². The summed E-state index contributed by atoms with van der Waals surface area (Å²) in [5.41, 5.74) is 6.49. The Morgan fingerprint density at radius 2 is 1.89 bits per heavy atom. The van der Waals surface area contributed by atoms with Gasteiger partial charge in [-0.1, -0.05) is 47.1 Å². The maximum absolute atomic E-state index is 12.4. The Labute approximate surface area is 165 Å². The van der Waals surface area contributed by atoms with Crippen molar-refractivity contribution >= 4 is 23.4 Å². The molecule has 0 fully saturated rings. The lowest BCUT2D eigenvalue weighted by Gasteiger charge is -2.24. The molecule has 1 aromatic heterocycles. The Balaban J connectivity index is 1.35. The van der Waals surface area contributed by atoms with Crippen LogP contribution < -0.4 is 15.6 Å². The fourth-order valence-electron chi connectivity index (χ4n) is 2.94. The van der Waals surface area contributed by atoms with Crippen LogP contribution in [-0.2, 0) is 11.2 Å². The first-order chi connectivity index (χ1) is 13.6. The zero-order valence-electron chi connectivity index (χ0n) is 14.6. The van der Waals surface area contributed by atoms with Crippen LogP contribution in [0.4, 0.5) is 0 Å². The number of hydrogen-bond donors (Lipinski definition) is 2. The van der Waals surface area contributed by atoms with Gasteiger partial charge in [0.2, 0.25) is 5.91 Å². The van der Waals surface area contributed by atoms with Crippen LogP contribution in [0, 0.1) is 5.92 Å². The highest BCUT2D eigenvalue weighted by Crippen LogP contribution is 2.29. The van der Waals surface area contributed by atoms with E-state index >= 15 is 0 Å². The molecule has 142 valence electrons. The first kappa shape index (κ1) is 18.1. The van der Waals surface area contributed by atoms with Gasteiger partial charge in [0.05, 0.1) is 5.92 Å². The van der Waals surface area contributed by atoms with Crippen molar-refractivity contribution in [2.45, 2.75) is 6.42 Å². The second kappa shape index (κ2) is 7.74. The highest BCUT2D eigenvalue weighted by Gasteiger charge is 2.27. The van der Waals surface area contributed by atoms with Crippen molar-refractivity contribution in [2.24, 2.45) is 5.92 Å². The Morgan fingerprint density at radius 1 is 1.07 bits per heavy atom. The van der Waals surface area contributed by atoms with E-state index < -0.39 is 11.8 Å². The number of nitrogens with one attached hydrogen (secondary N) is 2. The lowest BCUT2D eigenvalue weighted by Crippen LogP contribution is -2.47. The SMILES string of the molecule is O=C(NNC(=O)[C@@H]1COc2ccc(Cl)cc2C1)c1cc(-c2ccccc2)on1. The first-order valence-corrected chi connectivity index (χ1v) is 9.01. The van der Waals surface area contributed by atoms with Crippen LogP contribution in [0.15, 0.2) is 59.1 Å². The second-order valence-electron chi connectivity index (χ2n) is 6.35. The Morgan fingerprint density at radius 3 is 2.71 bits per heavy atom. The van der Waals surface area contributed by atoms with Gasteiger partial charge in [-0.25, -0.2) is 0 Å². The molecule has 3 aromatic rings. The number of benzene rings is 2. The minimum Gasteiger partial charge on any atom is -0.492 e. The van der Waals surface area contributed by atoms with Crippen LogP contribution in [0.5, 0.6) is 5.75 Å². The molecule has 0 spiro atoms. The molecular weight excluding hydrogens is 382 g/mol. The first-order valence-electron chi connectivity index (χ1n) is 8.64. The summed E-state index contributed by atoms with van der Waals surface area (Å²) in [6, 6.07) is 16.1. The third kappa shape index (κ3) is 3.84. The largest absolute Gasteiger partial charge is 0.492 e. The molecule has 2 N–H and O–H groups in total. The van der Waals surface area contributed by atoms with Gasteiger partial charge in [-0.15, -0.1) is 0 Å². The number of nitrogens with zero attached hydrogens (tertiary/aromatic N) is 1.